The van der Waals surface area contributed by atoms with E-state index in [1.165, 1.54) is 0 Å². The van der Waals surface area contributed by atoms with Gasteiger partial charge < -0.3 is 15.6 Å². The van der Waals surface area contributed by atoms with E-state index in [1.54, 1.807) is 6.07 Å². The molecule has 0 spiro atoms. The van der Waals surface area contributed by atoms with Crippen LogP contribution >= 0.6 is 0 Å². The summed E-state index contributed by atoms with van der Waals surface area (Å²) in [4.78, 5) is 30.5. The molecule has 1 heterocycles. The fourth-order valence-electron chi connectivity index (χ4n) is 2.15. The minimum absolute atomic E-state index is 0.0740. The number of carbonyl (C=O) groups is 1. The maximum atomic E-state index is 11.9. The Bertz CT molecular complexity index is 706. The van der Waals surface area contributed by atoms with E-state index in [2.05, 4.69) is 20.6 Å². The summed E-state index contributed by atoms with van der Waals surface area (Å²) in [6.07, 6.45) is 2.64. The predicted octanol–water partition coefficient (Wildman–Crippen LogP) is 0.681. The molecule has 110 valence electrons. The largest absolute Gasteiger partial charge is 0.353 e. The molecule has 1 aliphatic rings. The van der Waals surface area contributed by atoms with Gasteiger partial charge in [0.25, 0.3) is 5.56 Å². The van der Waals surface area contributed by atoms with Crippen molar-refractivity contribution in [1.82, 2.24) is 20.6 Å². The lowest BCUT2D eigenvalue weighted by molar-refractivity contribution is -0.121. The van der Waals surface area contributed by atoms with E-state index in [1.807, 2.05) is 18.2 Å². The van der Waals surface area contributed by atoms with Crippen molar-refractivity contribution >= 4 is 16.8 Å². The first-order valence-electron chi connectivity index (χ1n) is 7.20. The molecule has 1 amide bonds. The normalized spacial score (nSPS) is 14.3. The number of nitrogens with zero attached hydrogens (tertiary/aromatic N) is 1. The monoisotopic (exact) mass is 286 g/mol. The Morgan fingerprint density at radius 1 is 1.33 bits per heavy atom. The van der Waals surface area contributed by atoms with Crippen LogP contribution in [0.15, 0.2) is 29.1 Å². The van der Waals surface area contributed by atoms with Crippen LogP contribution in [0, 0.1) is 0 Å². The van der Waals surface area contributed by atoms with E-state index in [-0.39, 0.29) is 11.5 Å². The minimum atomic E-state index is -0.135. The zero-order valence-electron chi connectivity index (χ0n) is 11.7. The standard InChI is InChI=1S/C15H18N4O2/c20-14(17-10-5-6-10)7-8-16-9-13-18-12-4-2-1-3-11(12)15(21)19-13/h1-4,10,16H,5-9H2,(H,17,20)(H,18,19,21). The van der Waals surface area contributed by atoms with Gasteiger partial charge in [-0.25, -0.2) is 4.98 Å². The van der Waals surface area contributed by atoms with Crippen molar-refractivity contribution in [2.24, 2.45) is 0 Å². The molecule has 1 aromatic carbocycles. The van der Waals surface area contributed by atoms with Gasteiger partial charge in [-0.2, -0.15) is 0 Å². The van der Waals surface area contributed by atoms with Crippen molar-refractivity contribution in [3.8, 4) is 0 Å². The summed E-state index contributed by atoms with van der Waals surface area (Å²) in [6, 6.07) is 7.64. The summed E-state index contributed by atoms with van der Waals surface area (Å²) in [7, 11) is 0. The second-order valence-electron chi connectivity index (χ2n) is 5.30. The zero-order valence-corrected chi connectivity index (χ0v) is 11.7. The maximum absolute atomic E-state index is 11.9. The average Bonchev–Trinajstić information content (AvgIpc) is 3.28. The van der Waals surface area contributed by atoms with Crippen LogP contribution < -0.4 is 16.2 Å². The highest BCUT2D eigenvalue weighted by Crippen LogP contribution is 2.18. The fraction of sp³-hybridized carbons (Fsp3) is 0.400. The predicted molar refractivity (Wildman–Crippen MR) is 79.9 cm³/mol. The number of H-pyrrole nitrogens is 1. The van der Waals surface area contributed by atoms with Crippen LogP contribution in [0.5, 0.6) is 0 Å². The Labute approximate surface area is 122 Å². The molecule has 2 aromatic rings. The smallest absolute Gasteiger partial charge is 0.258 e. The van der Waals surface area contributed by atoms with Crippen LogP contribution in [-0.4, -0.2) is 28.5 Å². The molecule has 1 aromatic heterocycles. The average molecular weight is 286 g/mol. The van der Waals surface area contributed by atoms with Gasteiger partial charge in [-0.1, -0.05) is 12.1 Å². The third-order valence-electron chi connectivity index (χ3n) is 3.43. The van der Waals surface area contributed by atoms with Gasteiger partial charge >= 0.3 is 0 Å². The summed E-state index contributed by atoms with van der Waals surface area (Å²) in [5, 5.41) is 6.65. The molecule has 3 rings (SSSR count). The van der Waals surface area contributed by atoms with Crippen molar-refractivity contribution in [2.45, 2.75) is 31.8 Å². The molecule has 21 heavy (non-hydrogen) atoms. The number of para-hydroxylation sites is 1. The van der Waals surface area contributed by atoms with Gasteiger partial charge in [0.15, 0.2) is 0 Å². The molecule has 0 aliphatic heterocycles. The number of aromatic nitrogens is 2. The molecule has 0 radical (unpaired) electrons. The number of nitrogens with one attached hydrogen (secondary N) is 3. The highest BCUT2D eigenvalue weighted by Gasteiger charge is 2.22. The molecular weight excluding hydrogens is 268 g/mol. The number of carbonyl (C=O) groups excluding carboxylic acids is 1. The molecule has 0 bridgehead atoms. The van der Waals surface area contributed by atoms with Crippen LogP contribution in [0.3, 0.4) is 0 Å². The Balaban J connectivity index is 1.53. The van der Waals surface area contributed by atoms with Crippen molar-refractivity contribution in [1.29, 1.82) is 0 Å². The van der Waals surface area contributed by atoms with E-state index < -0.39 is 0 Å². The van der Waals surface area contributed by atoms with Crippen molar-refractivity contribution in [3.63, 3.8) is 0 Å². The second-order valence-corrected chi connectivity index (χ2v) is 5.30. The van der Waals surface area contributed by atoms with E-state index in [9.17, 15) is 9.59 Å². The molecule has 3 N–H and O–H groups in total. The number of benzene rings is 1. The van der Waals surface area contributed by atoms with Gasteiger partial charge in [0.2, 0.25) is 5.91 Å². The van der Waals surface area contributed by atoms with Crippen LogP contribution in [0.25, 0.3) is 10.9 Å². The molecule has 0 unspecified atom stereocenters. The van der Waals surface area contributed by atoms with Crippen LogP contribution in [0.2, 0.25) is 0 Å². The molecule has 1 saturated carbocycles. The molecule has 6 nitrogen and oxygen atoms in total. The van der Waals surface area contributed by atoms with E-state index in [0.717, 1.165) is 12.8 Å². The summed E-state index contributed by atoms with van der Waals surface area (Å²) >= 11 is 0. The lowest BCUT2D eigenvalue weighted by Gasteiger charge is -2.06. The molecule has 0 saturated heterocycles. The number of hydrogen-bond donors (Lipinski definition) is 3. The Hall–Kier alpha value is -2.21. The Morgan fingerprint density at radius 2 is 2.14 bits per heavy atom. The molecule has 1 fully saturated rings. The van der Waals surface area contributed by atoms with Gasteiger partial charge in [0.1, 0.15) is 5.82 Å². The molecule has 0 atom stereocenters. The minimum Gasteiger partial charge on any atom is -0.353 e. The SMILES string of the molecule is O=C(CCNCc1nc2ccccc2c(=O)[nH]1)NC1CC1. The van der Waals surface area contributed by atoms with Crippen LogP contribution in [-0.2, 0) is 11.3 Å². The summed E-state index contributed by atoms with van der Waals surface area (Å²) in [5.74, 6) is 0.659. The quantitative estimate of drug-likeness (QED) is 0.682. The highest BCUT2D eigenvalue weighted by molar-refractivity contribution is 5.77. The first-order chi connectivity index (χ1) is 10.2. The van der Waals surface area contributed by atoms with Crippen molar-refractivity contribution in [3.05, 3.63) is 40.4 Å². The lowest BCUT2D eigenvalue weighted by Crippen LogP contribution is -2.29. The zero-order chi connectivity index (χ0) is 14.7. The molecular formula is C15H18N4O2. The first kappa shape index (κ1) is 13.8. The molecule has 1 aliphatic carbocycles. The summed E-state index contributed by atoms with van der Waals surface area (Å²) < 4.78 is 0. The Kier molecular flexibility index (Phi) is 3.96. The summed E-state index contributed by atoms with van der Waals surface area (Å²) in [6.45, 7) is 1.01. The maximum Gasteiger partial charge on any atom is 0.258 e. The Morgan fingerprint density at radius 3 is 2.95 bits per heavy atom. The van der Waals surface area contributed by atoms with Gasteiger partial charge in [-0.3, -0.25) is 9.59 Å². The van der Waals surface area contributed by atoms with Gasteiger partial charge in [0, 0.05) is 19.0 Å². The van der Waals surface area contributed by atoms with E-state index >= 15 is 0 Å². The number of fused-ring (bicyclic) bond motifs is 1. The van der Waals surface area contributed by atoms with Gasteiger partial charge in [-0.05, 0) is 25.0 Å². The topological polar surface area (TPSA) is 86.9 Å². The van der Waals surface area contributed by atoms with Crippen LogP contribution in [0.4, 0.5) is 0 Å². The van der Waals surface area contributed by atoms with Crippen molar-refractivity contribution in [2.75, 3.05) is 6.54 Å². The summed E-state index contributed by atoms with van der Waals surface area (Å²) in [5.41, 5.74) is 0.549. The second kappa shape index (κ2) is 6.05. The van der Waals surface area contributed by atoms with E-state index in [0.29, 0.717) is 42.3 Å². The van der Waals surface area contributed by atoms with Gasteiger partial charge in [0.05, 0.1) is 17.4 Å². The third-order valence-corrected chi connectivity index (χ3v) is 3.43. The number of rotatable bonds is 6. The highest BCUT2D eigenvalue weighted by atomic mass is 16.1. The number of amides is 1. The lowest BCUT2D eigenvalue weighted by atomic mass is 10.2. The van der Waals surface area contributed by atoms with E-state index in [4.69, 9.17) is 0 Å². The third kappa shape index (κ3) is 3.66. The number of aromatic amines is 1. The fourth-order valence-corrected chi connectivity index (χ4v) is 2.15. The molecule has 6 heteroatoms. The van der Waals surface area contributed by atoms with Crippen LogP contribution in [0.1, 0.15) is 25.1 Å². The number of hydrogen-bond acceptors (Lipinski definition) is 4. The van der Waals surface area contributed by atoms with Crippen molar-refractivity contribution < 1.29 is 4.79 Å². The first-order valence-corrected chi connectivity index (χ1v) is 7.20. The van der Waals surface area contributed by atoms with Gasteiger partial charge in [-0.15, -0.1) is 0 Å².